The van der Waals surface area contributed by atoms with Gasteiger partial charge in [0.1, 0.15) is 10.4 Å². The molecule has 0 unspecified atom stereocenters. The van der Waals surface area contributed by atoms with E-state index < -0.39 is 0 Å². The fourth-order valence-corrected chi connectivity index (χ4v) is 2.01. The van der Waals surface area contributed by atoms with Gasteiger partial charge in [0.05, 0.1) is 11.9 Å². The SMILES string of the molecule is CCn1c(Br)cnc1CSC. The molecule has 1 aromatic rings. The monoisotopic (exact) mass is 234 g/mol. The molecule has 0 amide bonds. The molecule has 0 N–H and O–H groups in total. The van der Waals surface area contributed by atoms with Gasteiger partial charge < -0.3 is 4.57 Å². The van der Waals surface area contributed by atoms with Gasteiger partial charge in [-0.1, -0.05) is 0 Å². The molecule has 0 aromatic carbocycles. The molecule has 11 heavy (non-hydrogen) atoms. The zero-order valence-electron chi connectivity index (χ0n) is 6.67. The molecule has 0 aliphatic heterocycles. The molecule has 0 aliphatic carbocycles. The van der Waals surface area contributed by atoms with Crippen LogP contribution in [-0.4, -0.2) is 15.8 Å². The summed E-state index contributed by atoms with van der Waals surface area (Å²) in [7, 11) is 0. The van der Waals surface area contributed by atoms with Crippen LogP contribution in [0, 0.1) is 0 Å². The van der Waals surface area contributed by atoms with Crippen LogP contribution in [0.4, 0.5) is 0 Å². The molecular formula is C7H11BrN2S. The maximum atomic E-state index is 4.27. The van der Waals surface area contributed by atoms with E-state index in [1.165, 1.54) is 0 Å². The summed E-state index contributed by atoms with van der Waals surface area (Å²) in [6.07, 6.45) is 3.94. The minimum Gasteiger partial charge on any atom is -0.322 e. The minimum absolute atomic E-state index is 0.983. The molecule has 1 heterocycles. The first-order valence-corrected chi connectivity index (χ1v) is 5.67. The predicted octanol–water partition coefficient (Wildman–Crippen LogP) is 2.53. The van der Waals surface area contributed by atoms with Crippen molar-refractivity contribution in [1.29, 1.82) is 0 Å². The minimum atomic E-state index is 0.983. The molecule has 0 saturated carbocycles. The van der Waals surface area contributed by atoms with Gasteiger partial charge in [-0.25, -0.2) is 4.98 Å². The van der Waals surface area contributed by atoms with Crippen LogP contribution in [0.1, 0.15) is 12.7 Å². The first kappa shape index (κ1) is 9.13. The summed E-state index contributed by atoms with van der Waals surface area (Å²) in [5.41, 5.74) is 0. The summed E-state index contributed by atoms with van der Waals surface area (Å²) in [6.45, 7) is 3.10. The van der Waals surface area contributed by atoms with Crippen LogP contribution < -0.4 is 0 Å². The van der Waals surface area contributed by atoms with E-state index in [4.69, 9.17) is 0 Å². The number of imidazole rings is 1. The van der Waals surface area contributed by atoms with Crippen LogP contribution in [-0.2, 0) is 12.3 Å². The quantitative estimate of drug-likeness (QED) is 0.801. The summed E-state index contributed by atoms with van der Waals surface area (Å²) in [5, 5.41) is 0. The molecule has 0 bridgehead atoms. The highest BCUT2D eigenvalue weighted by Gasteiger charge is 2.03. The van der Waals surface area contributed by atoms with Gasteiger partial charge >= 0.3 is 0 Å². The predicted molar refractivity (Wildman–Crippen MR) is 52.8 cm³/mol. The van der Waals surface area contributed by atoms with Crippen LogP contribution in [0.2, 0.25) is 0 Å². The average molecular weight is 235 g/mol. The molecule has 0 saturated heterocycles. The van der Waals surface area contributed by atoms with E-state index in [1.54, 1.807) is 11.8 Å². The topological polar surface area (TPSA) is 17.8 Å². The number of rotatable bonds is 3. The van der Waals surface area contributed by atoms with E-state index in [2.05, 4.69) is 38.7 Å². The average Bonchev–Trinajstić information content (AvgIpc) is 2.33. The van der Waals surface area contributed by atoms with Gasteiger partial charge in [0.15, 0.2) is 0 Å². The van der Waals surface area contributed by atoms with E-state index in [0.717, 1.165) is 22.7 Å². The Morgan fingerprint density at radius 1 is 1.73 bits per heavy atom. The Bertz CT molecular complexity index is 234. The summed E-state index contributed by atoms with van der Waals surface area (Å²) in [4.78, 5) is 4.27. The van der Waals surface area contributed by atoms with Crippen LogP contribution in [0.25, 0.3) is 0 Å². The van der Waals surface area contributed by atoms with Crippen molar-refractivity contribution in [3.8, 4) is 0 Å². The number of hydrogen-bond donors (Lipinski definition) is 0. The summed E-state index contributed by atoms with van der Waals surface area (Å²) in [6, 6.07) is 0. The highest BCUT2D eigenvalue weighted by Crippen LogP contribution is 2.15. The number of aromatic nitrogens is 2. The zero-order chi connectivity index (χ0) is 8.27. The molecule has 1 aromatic heterocycles. The highest BCUT2D eigenvalue weighted by molar-refractivity contribution is 9.10. The van der Waals surface area contributed by atoms with Crippen molar-refractivity contribution in [2.75, 3.05) is 6.26 Å². The molecule has 0 aliphatic rings. The van der Waals surface area contributed by atoms with Gasteiger partial charge in [-0.3, -0.25) is 0 Å². The molecule has 62 valence electrons. The molecule has 0 radical (unpaired) electrons. The van der Waals surface area contributed by atoms with Crippen LogP contribution in [0.5, 0.6) is 0 Å². The standard InChI is InChI=1S/C7H11BrN2S/c1-3-10-6(8)4-9-7(10)5-11-2/h4H,3,5H2,1-2H3. The number of halogens is 1. The fraction of sp³-hybridized carbons (Fsp3) is 0.571. The second kappa shape index (κ2) is 4.16. The van der Waals surface area contributed by atoms with Crippen molar-refractivity contribution in [3.05, 3.63) is 16.6 Å². The van der Waals surface area contributed by atoms with Crippen molar-refractivity contribution in [2.45, 2.75) is 19.2 Å². The van der Waals surface area contributed by atoms with Crippen molar-refractivity contribution in [3.63, 3.8) is 0 Å². The largest absolute Gasteiger partial charge is 0.322 e. The number of thioether (sulfide) groups is 1. The van der Waals surface area contributed by atoms with Crippen molar-refractivity contribution in [1.82, 2.24) is 9.55 Å². The van der Waals surface area contributed by atoms with Crippen molar-refractivity contribution in [2.24, 2.45) is 0 Å². The normalized spacial score (nSPS) is 10.5. The molecule has 0 spiro atoms. The molecule has 2 nitrogen and oxygen atoms in total. The first-order valence-electron chi connectivity index (χ1n) is 3.48. The van der Waals surface area contributed by atoms with E-state index in [9.17, 15) is 0 Å². The van der Waals surface area contributed by atoms with E-state index in [0.29, 0.717) is 0 Å². The first-order chi connectivity index (χ1) is 5.29. The lowest BCUT2D eigenvalue weighted by atomic mass is 10.6. The Balaban J connectivity index is 2.86. The second-order valence-electron chi connectivity index (χ2n) is 2.17. The van der Waals surface area contributed by atoms with Crippen molar-refractivity contribution < 1.29 is 0 Å². The Labute approximate surface area is 79.5 Å². The molecule has 0 atom stereocenters. The number of hydrogen-bond acceptors (Lipinski definition) is 2. The third kappa shape index (κ3) is 1.99. The summed E-state index contributed by atoms with van der Waals surface area (Å²) < 4.78 is 3.24. The van der Waals surface area contributed by atoms with Gasteiger partial charge in [-0.05, 0) is 29.1 Å². The third-order valence-corrected chi connectivity index (χ3v) is 2.66. The van der Waals surface area contributed by atoms with Crippen molar-refractivity contribution >= 4 is 27.7 Å². The maximum absolute atomic E-state index is 4.27. The van der Waals surface area contributed by atoms with Gasteiger partial charge in [0.25, 0.3) is 0 Å². The van der Waals surface area contributed by atoms with Crippen LogP contribution in [0.15, 0.2) is 10.8 Å². The van der Waals surface area contributed by atoms with Gasteiger partial charge in [-0.15, -0.1) is 0 Å². The van der Waals surface area contributed by atoms with E-state index in [-0.39, 0.29) is 0 Å². The number of nitrogens with zero attached hydrogens (tertiary/aromatic N) is 2. The van der Waals surface area contributed by atoms with E-state index >= 15 is 0 Å². The Kier molecular flexibility index (Phi) is 3.45. The van der Waals surface area contributed by atoms with Gasteiger partial charge in [0.2, 0.25) is 0 Å². The third-order valence-electron chi connectivity index (χ3n) is 1.48. The summed E-state index contributed by atoms with van der Waals surface area (Å²) >= 11 is 5.23. The fourth-order valence-electron chi connectivity index (χ4n) is 0.968. The van der Waals surface area contributed by atoms with Crippen LogP contribution in [0.3, 0.4) is 0 Å². The lowest BCUT2D eigenvalue weighted by Crippen LogP contribution is -2.00. The summed E-state index contributed by atoms with van der Waals surface area (Å²) in [5.74, 6) is 2.13. The molecule has 4 heteroatoms. The van der Waals surface area contributed by atoms with E-state index in [1.807, 2.05) is 6.20 Å². The zero-order valence-corrected chi connectivity index (χ0v) is 9.07. The molecule has 0 fully saturated rings. The Morgan fingerprint density at radius 2 is 2.45 bits per heavy atom. The lowest BCUT2D eigenvalue weighted by Gasteiger charge is -2.03. The van der Waals surface area contributed by atoms with Crippen LogP contribution >= 0.6 is 27.7 Å². The van der Waals surface area contributed by atoms with Gasteiger partial charge in [0, 0.05) is 6.54 Å². The Hall–Kier alpha value is 0.0400. The van der Waals surface area contributed by atoms with Gasteiger partial charge in [-0.2, -0.15) is 11.8 Å². The smallest absolute Gasteiger partial charge is 0.119 e. The molecule has 1 rings (SSSR count). The molecular weight excluding hydrogens is 224 g/mol. The highest BCUT2D eigenvalue weighted by atomic mass is 79.9. The second-order valence-corrected chi connectivity index (χ2v) is 3.85. The lowest BCUT2D eigenvalue weighted by molar-refractivity contribution is 0.712. The Morgan fingerprint density at radius 3 is 3.00 bits per heavy atom. The maximum Gasteiger partial charge on any atom is 0.119 e.